The van der Waals surface area contributed by atoms with Gasteiger partial charge in [-0.1, -0.05) is 229 Å². The fraction of sp³-hybridized carbons (Fsp3) is 0.637. The van der Waals surface area contributed by atoms with Crippen LogP contribution in [-0.2, 0) is 33.2 Å². The van der Waals surface area contributed by atoms with Crippen LogP contribution in [0.25, 0.3) is 0 Å². The quantitative estimate of drug-likeness (QED) is 0.0199. The van der Waals surface area contributed by atoms with Crippen molar-refractivity contribution in [2.24, 2.45) is 0 Å². The van der Waals surface area contributed by atoms with E-state index in [1.54, 1.807) is 6.08 Å². The summed E-state index contributed by atoms with van der Waals surface area (Å²) in [4.78, 5) is 13.4. The first-order chi connectivity index (χ1) is 48.3. The molecule has 3 rings (SSSR count). The molecule has 19 heteroatoms. The van der Waals surface area contributed by atoms with Crippen molar-refractivity contribution in [1.82, 2.24) is 5.32 Å². The standard InChI is InChI=1S/C80H127NO18/c1-3-5-7-9-11-13-15-17-19-21-22-23-24-25-26-27-28-29-30-31-32-33-34-35-36-37-38-39-40-42-44-46-48-50-52-54-56-58-68(86)81-63(64(85)57-55-53-51-49-47-45-43-41-20-18-16-14-12-10-8-6-4-2)62-94-78-74(92)71(89)76(66(60-83)96-78)99-80-75(93)72(90)77(67(61-84)97-80)98-79-73(91)70(88)69(87)65(59-82)95-79/h5,7,11,13,17,19-20,22-23,25-26,28-29,31-32,34-35,37-38,40-42,46-49,55,57,63-67,69-80,82-85,87-93H,3-4,6,8-10,12,14-16,18,21,24,27,30,33,36,39,43-45,50-54,56,58-62H2,1-2H3,(H,81,86)/b7-5-,13-11-,19-17-,23-22-,26-25-,29-28-,32-31-,35-34-,38-37-,41-20+,42-40-,48-46-,49-47+,57-55+. The van der Waals surface area contributed by atoms with Gasteiger partial charge in [-0.15, -0.1) is 0 Å². The molecule has 17 unspecified atom stereocenters. The van der Waals surface area contributed by atoms with Crippen molar-refractivity contribution in [3.05, 3.63) is 170 Å². The summed E-state index contributed by atoms with van der Waals surface area (Å²) < 4.78 is 34.3. The average molecular weight is 1390 g/mol. The SMILES string of the molecule is CC/C=C\C/C=C\C/C=C\C/C=C\C/C=C\C/C=C\C/C=C\C/C=C\C/C=C\C/C=C\C/C=C\CCCCCC(=O)NC(COC1OC(CO)C(OC2OC(CO)C(OC3OC(CO)C(O)C(O)C3O)C(O)C2O)C(O)C1O)C(O)/C=C/CC/C=C/CC/C=C/CCCCCCCCC. The highest BCUT2D eigenvalue weighted by atomic mass is 16.8. The van der Waals surface area contributed by atoms with Crippen molar-refractivity contribution < 1.29 is 89.4 Å². The fourth-order valence-electron chi connectivity index (χ4n) is 11.0. The first-order valence-electron chi connectivity index (χ1n) is 36.9. The minimum absolute atomic E-state index is 0.180. The second-order valence-electron chi connectivity index (χ2n) is 25.3. The lowest BCUT2D eigenvalue weighted by molar-refractivity contribution is -0.379. The van der Waals surface area contributed by atoms with Crippen LogP contribution in [0.15, 0.2) is 170 Å². The van der Waals surface area contributed by atoms with E-state index in [2.05, 4.69) is 177 Å². The monoisotopic (exact) mass is 1390 g/mol. The Morgan fingerprint density at radius 1 is 0.374 bits per heavy atom. The average Bonchev–Trinajstić information content (AvgIpc) is 0.786. The molecule has 3 aliphatic rings. The van der Waals surface area contributed by atoms with E-state index in [1.807, 2.05) is 6.08 Å². The summed E-state index contributed by atoms with van der Waals surface area (Å²) in [7, 11) is 0. The van der Waals surface area contributed by atoms with Gasteiger partial charge in [-0.2, -0.15) is 0 Å². The number of carbonyl (C=O) groups excluding carboxylic acids is 1. The Labute approximate surface area is 592 Å². The highest BCUT2D eigenvalue weighted by molar-refractivity contribution is 5.76. The highest BCUT2D eigenvalue weighted by Crippen LogP contribution is 2.33. The summed E-state index contributed by atoms with van der Waals surface area (Å²) in [6, 6.07) is -1.03. The van der Waals surface area contributed by atoms with Crippen LogP contribution in [0.5, 0.6) is 0 Å². The molecule has 0 bridgehead atoms. The summed E-state index contributed by atoms with van der Waals surface area (Å²) >= 11 is 0. The van der Waals surface area contributed by atoms with Crippen molar-refractivity contribution in [2.45, 2.75) is 298 Å². The van der Waals surface area contributed by atoms with Crippen LogP contribution in [0.3, 0.4) is 0 Å². The van der Waals surface area contributed by atoms with Crippen molar-refractivity contribution in [3.8, 4) is 0 Å². The Kier molecular flexibility index (Phi) is 52.3. The summed E-state index contributed by atoms with van der Waals surface area (Å²) in [6.45, 7) is 1.53. The maximum atomic E-state index is 13.4. The predicted octanol–water partition coefficient (Wildman–Crippen LogP) is 11.0. The van der Waals surface area contributed by atoms with E-state index in [-0.39, 0.29) is 12.3 Å². The predicted molar refractivity (Wildman–Crippen MR) is 392 cm³/mol. The highest BCUT2D eigenvalue weighted by Gasteiger charge is 2.53. The Hall–Kier alpha value is -4.85. The minimum atomic E-state index is -2.00. The molecule has 3 saturated heterocycles. The molecule has 0 aromatic rings. The number of allylic oxidation sites excluding steroid dienone is 27. The lowest BCUT2D eigenvalue weighted by atomic mass is 9.96. The van der Waals surface area contributed by atoms with E-state index in [0.717, 1.165) is 116 Å². The molecule has 560 valence electrons. The van der Waals surface area contributed by atoms with Gasteiger partial charge in [0.25, 0.3) is 0 Å². The van der Waals surface area contributed by atoms with Gasteiger partial charge in [0.1, 0.15) is 73.2 Å². The second kappa shape index (κ2) is 58.6. The molecule has 99 heavy (non-hydrogen) atoms. The van der Waals surface area contributed by atoms with Crippen molar-refractivity contribution in [1.29, 1.82) is 0 Å². The number of carbonyl (C=O) groups is 1. The molecule has 19 nitrogen and oxygen atoms in total. The summed E-state index contributed by atoms with van der Waals surface area (Å²) in [6.07, 6.45) is 60.4. The molecule has 3 fully saturated rings. The number of rotatable bonds is 54. The smallest absolute Gasteiger partial charge is 0.220 e. The molecule has 0 aromatic heterocycles. The van der Waals surface area contributed by atoms with E-state index >= 15 is 0 Å². The number of nitrogens with one attached hydrogen (secondary N) is 1. The van der Waals surface area contributed by atoms with Crippen LogP contribution in [-0.4, -0.2) is 193 Å². The van der Waals surface area contributed by atoms with Crippen LogP contribution in [0, 0.1) is 0 Å². The molecule has 3 aliphatic heterocycles. The van der Waals surface area contributed by atoms with Crippen molar-refractivity contribution in [3.63, 3.8) is 0 Å². The van der Waals surface area contributed by atoms with Crippen LogP contribution >= 0.6 is 0 Å². The van der Waals surface area contributed by atoms with E-state index < -0.39 is 131 Å². The lowest BCUT2D eigenvalue weighted by Crippen LogP contribution is -2.66. The Morgan fingerprint density at radius 2 is 0.707 bits per heavy atom. The number of unbranched alkanes of at least 4 members (excludes halogenated alkanes) is 12. The molecule has 0 aromatic carbocycles. The third kappa shape index (κ3) is 39.4. The first-order valence-corrected chi connectivity index (χ1v) is 36.9. The van der Waals surface area contributed by atoms with E-state index in [0.29, 0.717) is 12.8 Å². The van der Waals surface area contributed by atoms with E-state index in [4.69, 9.17) is 28.4 Å². The Morgan fingerprint density at radius 3 is 1.13 bits per heavy atom. The Bertz CT molecular complexity index is 2460. The number of ether oxygens (including phenoxy) is 6. The minimum Gasteiger partial charge on any atom is -0.394 e. The van der Waals surface area contributed by atoms with Gasteiger partial charge in [-0.25, -0.2) is 0 Å². The molecule has 12 N–H and O–H groups in total. The van der Waals surface area contributed by atoms with Gasteiger partial charge in [-0.3, -0.25) is 4.79 Å². The van der Waals surface area contributed by atoms with Gasteiger partial charge in [0.15, 0.2) is 18.9 Å². The van der Waals surface area contributed by atoms with Crippen LogP contribution in [0.1, 0.15) is 194 Å². The van der Waals surface area contributed by atoms with Gasteiger partial charge < -0.3 is 89.9 Å². The molecule has 0 saturated carbocycles. The van der Waals surface area contributed by atoms with Gasteiger partial charge in [-0.05, 0) is 128 Å². The summed E-state index contributed by atoms with van der Waals surface area (Å²) in [5, 5.41) is 121. The van der Waals surface area contributed by atoms with Gasteiger partial charge in [0, 0.05) is 6.42 Å². The second-order valence-corrected chi connectivity index (χ2v) is 25.3. The van der Waals surface area contributed by atoms with Crippen LogP contribution < -0.4 is 5.32 Å². The zero-order valence-corrected chi connectivity index (χ0v) is 59.4. The molecule has 0 aliphatic carbocycles. The normalized spacial score (nSPS) is 27.6. The zero-order chi connectivity index (χ0) is 71.8. The zero-order valence-electron chi connectivity index (χ0n) is 59.4. The number of hydrogen-bond acceptors (Lipinski definition) is 18. The molecule has 0 spiro atoms. The van der Waals surface area contributed by atoms with E-state index in [1.165, 1.54) is 44.9 Å². The van der Waals surface area contributed by atoms with Crippen molar-refractivity contribution in [2.75, 3.05) is 26.4 Å². The van der Waals surface area contributed by atoms with Gasteiger partial charge >= 0.3 is 0 Å². The number of amides is 1. The molecule has 17 atom stereocenters. The third-order valence-corrected chi connectivity index (χ3v) is 17.0. The molecular weight excluding hydrogens is 1260 g/mol. The molecular formula is C80H127NO18. The largest absolute Gasteiger partial charge is 0.394 e. The molecule has 3 heterocycles. The fourth-order valence-corrected chi connectivity index (χ4v) is 11.0. The maximum absolute atomic E-state index is 13.4. The van der Waals surface area contributed by atoms with Crippen molar-refractivity contribution >= 4 is 5.91 Å². The number of aliphatic hydroxyl groups is 11. The first kappa shape index (κ1) is 88.4. The van der Waals surface area contributed by atoms with E-state index in [9.17, 15) is 61.0 Å². The summed E-state index contributed by atoms with van der Waals surface area (Å²) in [5.41, 5.74) is 0. The summed E-state index contributed by atoms with van der Waals surface area (Å²) in [5.74, 6) is -0.330. The lowest BCUT2D eigenvalue weighted by Gasteiger charge is -2.48. The molecule has 1 amide bonds. The Balaban J connectivity index is 1.41. The number of aliphatic hydroxyl groups excluding tert-OH is 11. The third-order valence-electron chi connectivity index (χ3n) is 17.0. The van der Waals surface area contributed by atoms with Gasteiger partial charge in [0.05, 0.1) is 38.6 Å². The van der Waals surface area contributed by atoms with Gasteiger partial charge in [0.2, 0.25) is 5.91 Å². The maximum Gasteiger partial charge on any atom is 0.220 e. The van der Waals surface area contributed by atoms with Crippen LogP contribution in [0.2, 0.25) is 0 Å². The topological polar surface area (TPSA) is 307 Å². The van der Waals surface area contributed by atoms with Crippen LogP contribution in [0.4, 0.5) is 0 Å². The molecule has 0 radical (unpaired) electrons. The number of hydrogen-bond donors (Lipinski definition) is 12.